The summed E-state index contributed by atoms with van der Waals surface area (Å²) in [6.07, 6.45) is 3.27. The lowest BCUT2D eigenvalue weighted by Gasteiger charge is -2.34. The molecule has 0 atom stereocenters. The fourth-order valence-electron chi connectivity index (χ4n) is 2.15. The number of ether oxygens (including phenoxy) is 1. The minimum Gasteiger partial charge on any atom is -0.449 e. The molecule has 1 fully saturated rings. The number of carbonyl (C=O) groups is 1. The maximum Gasteiger partial charge on any atom is 0.409 e. The molecule has 2 rings (SSSR count). The Morgan fingerprint density at radius 1 is 1.38 bits per heavy atom. The SMILES string of the molecule is CCCCOC(=O)N1CCN(c2ccc(C#N)cn2)CC1. The first-order valence-electron chi connectivity index (χ1n) is 7.27. The van der Waals surface area contributed by atoms with Gasteiger partial charge < -0.3 is 14.5 Å². The summed E-state index contributed by atoms with van der Waals surface area (Å²) in [5, 5.41) is 8.76. The highest BCUT2D eigenvalue weighted by Gasteiger charge is 2.22. The molecule has 6 heteroatoms. The molecular formula is C15H20N4O2. The van der Waals surface area contributed by atoms with Crippen LogP contribution in [-0.2, 0) is 4.74 Å². The van der Waals surface area contributed by atoms with Crippen LogP contribution in [0.4, 0.5) is 10.6 Å². The Labute approximate surface area is 124 Å². The van der Waals surface area contributed by atoms with Gasteiger partial charge in [-0.3, -0.25) is 0 Å². The Morgan fingerprint density at radius 3 is 2.71 bits per heavy atom. The molecule has 112 valence electrons. The van der Waals surface area contributed by atoms with Gasteiger partial charge in [0, 0.05) is 32.4 Å². The van der Waals surface area contributed by atoms with E-state index in [0.29, 0.717) is 25.3 Å². The van der Waals surface area contributed by atoms with E-state index in [1.54, 1.807) is 17.2 Å². The summed E-state index contributed by atoms with van der Waals surface area (Å²) in [7, 11) is 0. The predicted octanol–water partition coefficient (Wildman–Crippen LogP) is 2.01. The molecule has 1 saturated heterocycles. The van der Waals surface area contributed by atoms with Gasteiger partial charge in [-0.15, -0.1) is 0 Å². The number of aromatic nitrogens is 1. The summed E-state index contributed by atoms with van der Waals surface area (Å²) < 4.78 is 5.21. The minimum atomic E-state index is -0.226. The summed E-state index contributed by atoms with van der Waals surface area (Å²) in [4.78, 5) is 19.9. The third kappa shape index (κ3) is 4.09. The number of nitriles is 1. The molecule has 0 unspecified atom stereocenters. The van der Waals surface area contributed by atoms with Crippen LogP contribution in [0.15, 0.2) is 18.3 Å². The van der Waals surface area contributed by atoms with Crippen molar-refractivity contribution in [1.82, 2.24) is 9.88 Å². The van der Waals surface area contributed by atoms with Gasteiger partial charge in [0.25, 0.3) is 0 Å². The van der Waals surface area contributed by atoms with E-state index >= 15 is 0 Å². The van der Waals surface area contributed by atoms with E-state index in [0.717, 1.165) is 31.7 Å². The summed E-state index contributed by atoms with van der Waals surface area (Å²) in [6, 6.07) is 5.65. The van der Waals surface area contributed by atoms with E-state index in [2.05, 4.69) is 22.9 Å². The van der Waals surface area contributed by atoms with Crippen molar-refractivity contribution in [3.8, 4) is 6.07 Å². The quantitative estimate of drug-likeness (QED) is 0.793. The Bertz CT molecular complexity index is 501. The fourth-order valence-corrected chi connectivity index (χ4v) is 2.15. The molecule has 21 heavy (non-hydrogen) atoms. The molecular weight excluding hydrogens is 268 g/mol. The van der Waals surface area contributed by atoms with Crippen LogP contribution in [0.2, 0.25) is 0 Å². The molecule has 6 nitrogen and oxygen atoms in total. The normalized spacial score (nSPS) is 14.7. The van der Waals surface area contributed by atoms with E-state index in [-0.39, 0.29) is 6.09 Å². The number of pyridine rings is 1. The molecule has 1 aromatic heterocycles. The van der Waals surface area contributed by atoms with Crippen molar-refractivity contribution in [3.05, 3.63) is 23.9 Å². The molecule has 1 aliphatic heterocycles. The van der Waals surface area contributed by atoms with Crippen LogP contribution >= 0.6 is 0 Å². The molecule has 0 aromatic carbocycles. The third-order valence-corrected chi connectivity index (χ3v) is 3.46. The zero-order chi connectivity index (χ0) is 15.1. The minimum absolute atomic E-state index is 0.226. The lowest BCUT2D eigenvalue weighted by molar-refractivity contribution is 0.0989. The topological polar surface area (TPSA) is 69.5 Å². The van der Waals surface area contributed by atoms with Gasteiger partial charge in [0.05, 0.1) is 12.2 Å². The first-order chi connectivity index (χ1) is 10.2. The number of amides is 1. The van der Waals surface area contributed by atoms with Crippen molar-refractivity contribution >= 4 is 11.9 Å². The summed E-state index contributed by atoms with van der Waals surface area (Å²) >= 11 is 0. The molecule has 2 heterocycles. The Balaban J connectivity index is 1.82. The number of nitrogens with zero attached hydrogens (tertiary/aromatic N) is 4. The summed E-state index contributed by atoms with van der Waals surface area (Å²) in [6.45, 7) is 5.27. The van der Waals surface area contributed by atoms with Gasteiger partial charge in [-0.2, -0.15) is 5.26 Å². The Kier molecular flexibility index (Phi) is 5.38. The lowest BCUT2D eigenvalue weighted by Crippen LogP contribution is -2.49. The molecule has 0 bridgehead atoms. The number of hydrogen-bond donors (Lipinski definition) is 0. The van der Waals surface area contributed by atoms with Crippen LogP contribution in [0.3, 0.4) is 0 Å². The fraction of sp³-hybridized carbons (Fsp3) is 0.533. The van der Waals surface area contributed by atoms with Gasteiger partial charge in [0.15, 0.2) is 0 Å². The number of anilines is 1. The molecule has 0 spiro atoms. The molecule has 1 amide bonds. The van der Waals surface area contributed by atoms with Crippen LogP contribution in [0.5, 0.6) is 0 Å². The van der Waals surface area contributed by atoms with Gasteiger partial charge in [-0.25, -0.2) is 9.78 Å². The highest BCUT2D eigenvalue weighted by Crippen LogP contribution is 2.14. The van der Waals surface area contributed by atoms with Crippen LogP contribution in [0.25, 0.3) is 0 Å². The number of hydrogen-bond acceptors (Lipinski definition) is 5. The van der Waals surface area contributed by atoms with Gasteiger partial charge in [0.1, 0.15) is 11.9 Å². The first kappa shape index (κ1) is 15.1. The standard InChI is InChI=1S/C15H20N4O2/c1-2-3-10-21-15(20)19-8-6-18(7-9-19)14-5-4-13(11-16)12-17-14/h4-5,12H,2-3,6-10H2,1H3. The second-order valence-electron chi connectivity index (χ2n) is 4.96. The van der Waals surface area contributed by atoms with E-state index in [1.807, 2.05) is 6.07 Å². The third-order valence-electron chi connectivity index (χ3n) is 3.46. The largest absolute Gasteiger partial charge is 0.449 e. The maximum absolute atomic E-state index is 11.8. The van der Waals surface area contributed by atoms with Crippen molar-refractivity contribution in [2.75, 3.05) is 37.7 Å². The second-order valence-corrected chi connectivity index (χ2v) is 4.96. The van der Waals surface area contributed by atoms with E-state index in [4.69, 9.17) is 10.00 Å². The van der Waals surface area contributed by atoms with Crippen molar-refractivity contribution in [2.24, 2.45) is 0 Å². The Hall–Kier alpha value is -2.29. The highest BCUT2D eigenvalue weighted by molar-refractivity contribution is 5.68. The molecule has 0 N–H and O–H groups in total. The average Bonchev–Trinajstić information content (AvgIpc) is 2.55. The van der Waals surface area contributed by atoms with E-state index in [1.165, 1.54) is 0 Å². The smallest absolute Gasteiger partial charge is 0.409 e. The lowest BCUT2D eigenvalue weighted by atomic mass is 10.3. The average molecular weight is 288 g/mol. The van der Waals surface area contributed by atoms with Crippen molar-refractivity contribution in [1.29, 1.82) is 5.26 Å². The second kappa shape index (κ2) is 7.48. The maximum atomic E-state index is 11.8. The molecule has 0 aliphatic carbocycles. The predicted molar refractivity (Wildman–Crippen MR) is 79.0 cm³/mol. The number of carbonyl (C=O) groups excluding carboxylic acids is 1. The molecule has 1 aromatic rings. The van der Waals surface area contributed by atoms with Gasteiger partial charge in [0.2, 0.25) is 0 Å². The van der Waals surface area contributed by atoms with Crippen LogP contribution in [0.1, 0.15) is 25.3 Å². The monoisotopic (exact) mass is 288 g/mol. The van der Waals surface area contributed by atoms with E-state index in [9.17, 15) is 4.79 Å². The van der Waals surface area contributed by atoms with Gasteiger partial charge in [-0.1, -0.05) is 13.3 Å². The van der Waals surface area contributed by atoms with E-state index < -0.39 is 0 Å². The summed E-state index contributed by atoms with van der Waals surface area (Å²) in [5.74, 6) is 0.841. The van der Waals surface area contributed by atoms with Crippen LogP contribution < -0.4 is 4.90 Å². The number of unbranched alkanes of at least 4 members (excludes halogenated alkanes) is 1. The number of rotatable bonds is 4. The van der Waals surface area contributed by atoms with Gasteiger partial charge in [-0.05, 0) is 18.6 Å². The van der Waals surface area contributed by atoms with Crippen molar-refractivity contribution in [2.45, 2.75) is 19.8 Å². The zero-order valence-electron chi connectivity index (χ0n) is 12.3. The molecule has 0 saturated carbocycles. The zero-order valence-corrected chi connectivity index (χ0v) is 12.3. The van der Waals surface area contributed by atoms with Crippen molar-refractivity contribution in [3.63, 3.8) is 0 Å². The Morgan fingerprint density at radius 2 is 2.14 bits per heavy atom. The number of piperazine rings is 1. The molecule has 0 radical (unpaired) electrons. The highest BCUT2D eigenvalue weighted by atomic mass is 16.6. The first-order valence-corrected chi connectivity index (χ1v) is 7.27. The van der Waals surface area contributed by atoms with Crippen LogP contribution in [0, 0.1) is 11.3 Å². The van der Waals surface area contributed by atoms with Crippen LogP contribution in [-0.4, -0.2) is 48.8 Å². The summed E-state index contributed by atoms with van der Waals surface area (Å²) in [5.41, 5.74) is 0.553. The van der Waals surface area contributed by atoms with Crippen molar-refractivity contribution < 1.29 is 9.53 Å². The molecule has 1 aliphatic rings. The van der Waals surface area contributed by atoms with Gasteiger partial charge >= 0.3 is 6.09 Å².